The number of aromatic nitrogens is 4. The van der Waals surface area contributed by atoms with E-state index in [-0.39, 0.29) is 17.6 Å². The Morgan fingerprint density at radius 2 is 1.80 bits per heavy atom. The Labute approximate surface area is 204 Å². The highest BCUT2D eigenvalue weighted by molar-refractivity contribution is 5.80. The molecule has 2 aromatic heterocycles. The summed E-state index contributed by atoms with van der Waals surface area (Å²) >= 11 is 0. The summed E-state index contributed by atoms with van der Waals surface area (Å²) in [5.74, 6) is 0.362. The van der Waals surface area contributed by atoms with Gasteiger partial charge in [-0.3, -0.25) is 4.79 Å². The van der Waals surface area contributed by atoms with E-state index in [0.717, 1.165) is 22.8 Å². The van der Waals surface area contributed by atoms with Gasteiger partial charge in [0.15, 0.2) is 5.82 Å². The number of amides is 1. The monoisotopic (exact) mass is 481 g/mol. The first kappa shape index (κ1) is 24.6. The molecule has 1 aromatic carbocycles. The highest BCUT2D eigenvalue weighted by Gasteiger charge is 2.24. The predicted molar refractivity (Wildman–Crippen MR) is 133 cm³/mol. The molecule has 1 amide bonds. The molecule has 0 unspecified atom stereocenters. The molecule has 1 saturated heterocycles. The van der Waals surface area contributed by atoms with E-state index in [0.29, 0.717) is 37.8 Å². The molecule has 2 N–H and O–H groups in total. The van der Waals surface area contributed by atoms with Gasteiger partial charge in [0.1, 0.15) is 17.6 Å². The molecule has 0 spiro atoms. The molecule has 0 saturated carbocycles. The third-order valence-electron chi connectivity index (χ3n) is 6.23. The maximum atomic E-state index is 14.7. The Morgan fingerprint density at radius 1 is 1.09 bits per heavy atom. The summed E-state index contributed by atoms with van der Waals surface area (Å²) < 4.78 is 16.6. The average Bonchev–Trinajstić information content (AvgIpc) is 3.21. The number of aliphatic hydroxyl groups is 1. The lowest BCUT2D eigenvalue weighted by Gasteiger charge is -2.37. The first-order valence-electron chi connectivity index (χ1n) is 11.8. The van der Waals surface area contributed by atoms with Crippen molar-refractivity contribution in [1.82, 2.24) is 24.4 Å². The van der Waals surface area contributed by atoms with Crippen LogP contribution in [0, 0.1) is 19.7 Å². The number of anilines is 3. The van der Waals surface area contributed by atoms with E-state index >= 15 is 0 Å². The number of piperazine rings is 1. The molecular weight excluding hydrogens is 449 g/mol. The van der Waals surface area contributed by atoms with Crippen LogP contribution in [0.2, 0.25) is 0 Å². The number of halogens is 1. The summed E-state index contributed by atoms with van der Waals surface area (Å²) in [6.07, 6.45) is 1.84. The largest absolute Gasteiger partial charge is 0.384 e. The van der Waals surface area contributed by atoms with Gasteiger partial charge in [-0.15, -0.1) is 0 Å². The van der Waals surface area contributed by atoms with Gasteiger partial charge >= 0.3 is 0 Å². The minimum atomic E-state index is -0.974. The van der Waals surface area contributed by atoms with Crippen molar-refractivity contribution in [1.29, 1.82) is 0 Å². The van der Waals surface area contributed by atoms with Crippen LogP contribution in [0.15, 0.2) is 30.6 Å². The number of hydrogen-bond donors (Lipinski definition) is 2. The molecule has 0 bridgehead atoms. The highest BCUT2D eigenvalue weighted by Crippen LogP contribution is 2.28. The van der Waals surface area contributed by atoms with Gasteiger partial charge in [0.25, 0.3) is 5.91 Å². The molecule has 1 aliphatic heterocycles. The second-order valence-corrected chi connectivity index (χ2v) is 9.16. The van der Waals surface area contributed by atoms with Crippen molar-refractivity contribution >= 4 is 23.2 Å². The standard InChI is InChI=1S/C25H32FN7O2/c1-15(2)33-18(5)27-14-22(33)23-20(26)13-28-25(30-23)29-19-6-7-21(16(3)12-19)31-8-10-32(11-9-31)24(35)17(4)34/h6-7,12-15,17,34H,8-11H2,1-5H3,(H,28,29,30)/t17-/m0/s1. The molecule has 1 fully saturated rings. The highest BCUT2D eigenvalue weighted by atomic mass is 19.1. The lowest BCUT2D eigenvalue weighted by atomic mass is 10.1. The minimum absolute atomic E-state index is 0.112. The van der Waals surface area contributed by atoms with Crippen LogP contribution in [0.5, 0.6) is 0 Å². The first-order valence-corrected chi connectivity index (χ1v) is 11.8. The zero-order valence-corrected chi connectivity index (χ0v) is 20.8. The third kappa shape index (κ3) is 5.12. The molecule has 0 radical (unpaired) electrons. The van der Waals surface area contributed by atoms with Crippen LogP contribution >= 0.6 is 0 Å². The van der Waals surface area contributed by atoms with Crippen molar-refractivity contribution < 1.29 is 14.3 Å². The Bertz CT molecular complexity index is 1220. The lowest BCUT2D eigenvalue weighted by Crippen LogP contribution is -2.51. The van der Waals surface area contributed by atoms with Crippen LogP contribution in [0.25, 0.3) is 11.4 Å². The number of hydrogen-bond acceptors (Lipinski definition) is 7. The summed E-state index contributed by atoms with van der Waals surface area (Å²) in [5.41, 5.74) is 3.74. The van der Waals surface area contributed by atoms with Crippen LogP contribution < -0.4 is 10.2 Å². The molecule has 3 heterocycles. The van der Waals surface area contributed by atoms with Crippen molar-refractivity contribution in [2.45, 2.75) is 46.8 Å². The number of rotatable bonds is 6. The summed E-state index contributed by atoms with van der Waals surface area (Å²) in [6.45, 7) is 12.0. The maximum absolute atomic E-state index is 14.7. The molecule has 9 nitrogen and oxygen atoms in total. The molecule has 1 aliphatic rings. The summed E-state index contributed by atoms with van der Waals surface area (Å²) in [5, 5.41) is 12.7. The molecular formula is C25H32FN7O2. The average molecular weight is 482 g/mol. The van der Waals surface area contributed by atoms with Gasteiger partial charge in [-0.05, 0) is 58.4 Å². The summed E-state index contributed by atoms with van der Waals surface area (Å²) in [6, 6.07) is 6.06. The number of benzene rings is 1. The van der Waals surface area contributed by atoms with Crippen LogP contribution in [0.3, 0.4) is 0 Å². The molecule has 1 atom stereocenters. The van der Waals surface area contributed by atoms with Crippen molar-refractivity contribution in [3.8, 4) is 11.4 Å². The fraction of sp³-hybridized carbons (Fsp3) is 0.440. The second kappa shape index (κ2) is 9.99. The number of imidazole rings is 1. The van der Waals surface area contributed by atoms with Crippen LogP contribution in [0.4, 0.5) is 21.7 Å². The summed E-state index contributed by atoms with van der Waals surface area (Å²) in [7, 11) is 0. The number of nitrogens with one attached hydrogen (secondary N) is 1. The zero-order chi connectivity index (χ0) is 25.3. The smallest absolute Gasteiger partial charge is 0.251 e. The van der Waals surface area contributed by atoms with E-state index in [1.54, 1.807) is 11.1 Å². The van der Waals surface area contributed by atoms with E-state index < -0.39 is 11.9 Å². The Balaban J connectivity index is 1.50. The van der Waals surface area contributed by atoms with Crippen molar-refractivity contribution in [2.24, 2.45) is 0 Å². The fourth-order valence-electron chi connectivity index (χ4n) is 4.54. The first-order chi connectivity index (χ1) is 16.7. The Hall–Kier alpha value is -3.53. The van der Waals surface area contributed by atoms with E-state index in [4.69, 9.17) is 0 Å². The number of carbonyl (C=O) groups excluding carboxylic acids is 1. The lowest BCUT2D eigenvalue weighted by molar-refractivity contribution is -0.139. The van der Waals surface area contributed by atoms with Crippen LogP contribution in [-0.4, -0.2) is 67.7 Å². The van der Waals surface area contributed by atoms with Crippen molar-refractivity contribution in [3.05, 3.63) is 47.8 Å². The van der Waals surface area contributed by atoms with Gasteiger partial charge in [0.2, 0.25) is 5.95 Å². The number of carbonyl (C=O) groups is 1. The quantitative estimate of drug-likeness (QED) is 0.556. The molecule has 4 rings (SSSR count). The van der Waals surface area contributed by atoms with E-state index in [1.165, 1.54) is 13.1 Å². The molecule has 0 aliphatic carbocycles. The van der Waals surface area contributed by atoms with Gasteiger partial charge in [-0.1, -0.05) is 0 Å². The number of aliphatic hydroxyl groups excluding tert-OH is 1. The van der Waals surface area contributed by atoms with E-state index in [9.17, 15) is 14.3 Å². The van der Waals surface area contributed by atoms with E-state index in [1.807, 2.05) is 50.5 Å². The predicted octanol–water partition coefficient (Wildman–Crippen LogP) is 3.45. The van der Waals surface area contributed by atoms with Gasteiger partial charge in [-0.2, -0.15) is 0 Å². The third-order valence-corrected chi connectivity index (χ3v) is 6.23. The van der Waals surface area contributed by atoms with Gasteiger partial charge < -0.3 is 24.8 Å². The summed E-state index contributed by atoms with van der Waals surface area (Å²) in [4.78, 5) is 28.9. The van der Waals surface area contributed by atoms with Crippen LogP contribution in [-0.2, 0) is 4.79 Å². The fourth-order valence-corrected chi connectivity index (χ4v) is 4.54. The molecule has 10 heteroatoms. The zero-order valence-electron chi connectivity index (χ0n) is 20.8. The van der Waals surface area contributed by atoms with Crippen molar-refractivity contribution in [2.75, 3.05) is 36.4 Å². The topological polar surface area (TPSA) is 99.4 Å². The molecule has 3 aromatic rings. The maximum Gasteiger partial charge on any atom is 0.251 e. The molecule has 35 heavy (non-hydrogen) atoms. The second-order valence-electron chi connectivity index (χ2n) is 9.16. The van der Waals surface area contributed by atoms with Gasteiger partial charge in [-0.25, -0.2) is 19.3 Å². The van der Waals surface area contributed by atoms with Crippen molar-refractivity contribution in [3.63, 3.8) is 0 Å². The van der Waals surface area contributed by atoms with Crippen LogP contribution in [0.1, 0.15) is 38.2 Å². The van der Waals surface area contributed by atoms with E-state index in [2.05, 4.69) is 25.2 Å². The SMILES string of the molecule is Cc1cc(Nc2ncc(F)c(-c3cnc(C)n3C(C)C)n2)ccc1N1CCN(C(=O)[C@H](C)O)CC1. The molecule has 186 valence electrons. The number of nitrogens with zero attached hydrogens (tertiary/aromatic N) is 6. The normalized spacial score (nSPS) is 15.0. The Morgan fingerprint density at radius 3 is 2.43 bits per heavy atom. The minimum Gasteiger partial charge on any atom is -0.384 e. The van der Waals surface area contributed by atoms with Gasteiger partial charge in [0.05, 0.1) is 18.1 Å². The van der Waals surface area contributed by atoms with Gasteiger partial charge in [0, 0.05) is 43.6 Å². The number of aryl methyl sites for hydroxylation is 2. The Kier molecular flexibility index (Phi) is 7.02.